The molecule has 0 saturated carbocycles. The van der Waals surface area contributed by atoms with Crippen LogP contribution < -0.4 is 21.7 Å². The normalized spacial score (nSPS) is 14.3. The molecule has 2 aromatic rings. The highest BCUT2D eigenvalue weighted by molar-refractivity contribution is 7.80. The number of nitrogens with two attached hydrogens (primary N) is 1. The highest BCUT2D eigenvalue weighted by Gasteiger charge is 2.31. The molecule has 9 N–H and O–H groups in total. The molecular formula is C22H29N5O8S. The summed E-state index contributed by atoms with van der Waals surface area (Å²) in [5, 5.41) is 35.2. The van der Waals surface area contributed by atoms with Crippen molar-refractivity contribution in [1.29, 1.82) is 0 Å². The zero-order valence-electron chi connectivity index (χ0n) is 19.1. The smallest absolute Gasteiger partial charge is 0.327 e. The van der Waals surface area contributed by atoms with Gasteiger partial charge < -0.3 is 42.0 Å². The minimum absolute atomic E-state index is 0.0264. The first-order valence-corrected chi connectivity index (χ1v) is 11.6. The van der Waals surface area contributed by atoms with Crippen molar-refractivity contribution in [2.24, 2.45) is 5.73 Å². The molecule has 0 aliphatic rings. The Morgan fingerprint density at radius 3 is 2.17 bits per heavy atom. The molecular weight excluding hydrogens is 494 g/mol. The summed E-state index contributed by atoms with van der Waals surface area (Å²) < 4.78 is 0. The van der Waals surface area contributed by atoms with Gasteiger partial charge in [0, 0.05) is 35.7 Å². The number of aliphatic hydroxyl groups excluding tert-OH is 1. The van der Waals surface area contributed by atoms with Crippen molar-refractivity contribution in [3.63, 3.8) is 0 Å². The van der Waals surface area contributed by atoms with Crippen LogP contribution in [-0.2, 0) is 30.4 Å². The number of carboxylic acids is 2. The Bertz CT molecular complexity index is 1110. The third-order valence-corrected chi connectivity index (χ3v) is 5.71. The van der Waals surface area contributed by atoms with E-state index >= 15 is 0 Å². The SMILES string of the molecule is NC(CO)C(=O)NC(Cc1c[nH]c2ccccc12)C(=O)NC(CCC(=O)O)C(=O)NC(CS)C(=O)O. The van der Waals surface area contributed by atoms with Crippen molar-refractivity contribution in [2.45, 2.75) is 43.4 Å². The number of aromatic nitrogens is 1. The summed E-state index contributed by atoms with van der Waals surface area (Å²) in [6, 6.07) is 1.90. The summed E-state index contributed by atoms with van der Waals surface area (Å²) in [6.07, 6.45) is 0.796. The third-order valence-electron chi connectivity index (χ3n) is 5.34. The molecule has 0 saturated heterocycles. The molecule has 36 heavy (non-hydrogen) atoms. The van der Waals surface area contributed by atoms with E-state index in [0.717, 1.165) is 10.9 Å². The molecule has 13 nitrogen and oxygen atoms in total. The van der Waals surface area contributed by atoms with Gasteiger partial charge in [0.15, 0.2) is 0 Å². The van der Waals surface area contributed by atoms with Gasteiger partial charge in [-0.05, 0) is 18.1 Å². The maximum absolute atomic E-state index is 13.2. The fourth-order valence-electron chi connectivity index (χ4n) is 3.36. The molecule has 1 aromatic carbocycles. The number of fused-ring (bicyclic) bond motifs is 1. The van der Waals surface area contributed by atoms with Crippen LogP contribution in [0.1, 0.15) is 18.4 Å². The van der Waals surface area contributed by atoms with Gasteiger partial charge in [-0.25, -0.2) is 4.79 Å². The highest BCUT2D eigenvalue weighted by Crippen LogP contribution is 2.19. The van der Waals surface area contributed by atoms with Gasteiger partial charge in [-0.2, -0.15) is 12.6 Å². The predicted molar refractivity (Wildman–Crippen MR) is 131 cm³/mol. The van der Waals surface area contributed by atoms with E-state index in [-0.39, 0.29) is 18.6 Å². The molecule has 0 spiro atoms. The lowest BCUT2D eigenvalue weighted by Crippen LogP contribution is -2.58. The zero-order valence-corrected chi connectivity index (χ0v) is 20.0. The van der Waals surface area contributed by atoms with Crippen LogP contribution >= 0.6 is 12.6 Å². The average Bonchev–Trinajstić information content (AvgIpc) is 3.26. The highest BCUT2D eigenvalue weighted by atomic mass is 32.1. The van der Waals surface area contributed by atoms with Crippen LogP contribution in [0.3, 0.4) is 0 Å². The molecule has 1 heterocycles. The quantitative estimate of drug-likeness (QED) is 0.129. The number of hydrogen-bond acceptors (Lipinski definition) is 8. The van der Waals surface area contributed by atoms with Gasteiger partial charge in [0.2, 0.25) is 17.7 Å². The second-order valence-corrected chi connectivity index (χ2v) is 8.35. The van der Waals surface area contributed by atoms with Crippen molar-refractivity contribution >= 4 is 53.2 Å². The summed E-state index contributed by atoms with van der Waals surface area (Å²) in [6.45, 7) is -0.669. The lowest BCUT2D eigenvalue weighted by Gasteiger charge is -2.24. The molecule has 4 unspecified atom stereocenters. The molecule has 0 bridgehead atoms. The van der Waals surface area contributed by atoms with E-state index in [0.29, 0.717) is 5.56 Å². The van der Waals surface area contributed by atoms with Crippen molar-refractivity contribution in [3.8, 4) is 0 Å². The number of carbonyl (C=O) groups is 5. The Balaban J connectivity index is 2.29. The van der Waals surface area contributed by atoms with Gasteiger partial charge in [0.1, 0.15) is 24.2 Å². The van der Waals surface area contributed by atoms with Crippen LogP contribution in [0.2, 0.25) is 0 Å². The predicted octanol–water partition coefficient (Wildman–Crippen LogP) is -1.64. The number of H-pyrrole nitrogens is 1. The molecule has 0 radical (unpaired) electrons. The Morgan fingerprint density at radius 2 is 1.56 bits per heavy atom. The van der Waals surface area contributed by atoms with Crippen molar-refractivity contribution in [3.05, 3.63) is 36.0 Å². The van der Waals surface area contributed by atoms with Gasteiger partial charge in [-0.3, -0.25) is 19.2 Å². The first-order valence-electron chi connectivity index (χ1n) is 10.9. The molecule has 0 fully saturated rings. The molecule has 14 heteroatoms. The number of carboxylic acid groups (broad SMARTS) is 2. The molecule has 2 rings (SSSR count). The van der Waals surface area contributed by atoms with Crippen LogP contribution in [-0.4, -0.2) is 86.5 Å². The summed E-state index contributed by atoms with van der Waals surface area (Å²) in [4.78, 5) is 63.6. The van der Waals surface area contributed by atoms with Gasteiger partial charge in [0.25, 0.3) is 0 Å². The standard InChI is InChI=1S/C22H29N5O8S/c23-13(9-28)19(31)26-16(7-11-8-24-14-4-2-1-3-12(11)14)21(33)25-15(5-6-18(29)30)20(32)27-17(10-36)22(34)35/h1-4,8,13,15-17,24,28,36H,5-7,9-10,23H2,(H,25,33)(H,26,31)(H,27,32)(H,29,30)(H,34,35). The van der Waals surface area contributed by atoms with E-state index < -0.39 is 66.9 Å². The number of carbonyl (C=O) groups excluding carboxylic acids is 3. The summed E-state index contributed by atoms with van der Waals surface area (Å²) >= 11 is 3.87. The molecule has 196 valence electrons. The van der Waals surface area contributed by atoms with Crippen LogP contribution in [0.4, 0.5) is 0 Å². The number of aliphatic hydroxyl groups is 1. The second kappa shape index (κ2) is 13.5. The molecule has 0 aliphatic heterocycles. The fraction of sp³-hybridized carbons (Fsp3) is 0.409. The molecule has 1 aromatic heterocycles. The number of rotatable bonds is 14. The summed E-state index contributed by atoms with van der Waals surface area (Å²) in [5.74, 6) is -5.39. The Hall–Kier alpha value is -3.62. The molecule has 0 aliphatic carbocycles. The minimum Gasteiger partial charge on any atom is -0.481 e. The summed E-state index contributed by atoms with van der Waals surface area (Å²) in [7, 11) is 0. The second-order valence-electron chi connectivity index (χ2n) is 7.99. The number of hydrogen-bond donors (Lipinski definition) is 9. The van der Waals surface area contributed by atoms with Gasteiger partial charge in [0.05, 0.1) is 6.61 Å². The zero-order chi connectivity index (χ0) is 26.8. The molecule has 4 atom stereocenters. The lowest BCUT2D eigenvalue weighted by atomic mass is 10.0. The summed E-state index contributed by atoms with van der Waals surface area (Å²) in [5.41, 5.74) is 7.02. The lowest BCUT2D eigenvalue weighted by molar-refractivity contribution is -0.142. The largest absolute Gasteiger partial charge is 0.481 e. The Labute approximate surface area is 211 Å². The van der Waals surface area contributed by atoms with E-state index in [1.807, 2.05) is 18.2 Å². The van der Waals surface area contributed by atoms with E-state index in [1.165, 1.54) is 0 Å². The van der Waals surface area contributed by atoms with Crippen molar-refractivity contribution in [2.75, 3.05) is 12.4 Å². The van der Waals surface area contributed by atoms with Crippen LogP contribution in [0.25, 0.3) is 10.9 Å². The monoisotopic (exact) mass is 523 g/mol. The van der Waals surface area contributed by atoms with Gasteiger partial charge in [-0.1, -0.05) is 18.2 Å². The number of aromatic amines is 1. The first kappa shape index (κ1) is 28.6. The number of thiol groups is 1. The minimum atomic E-state index is -1.41. The topological polar surface area (TPSA) is 224 Å². The van der Waals surface area contributed by atoms with Gasteiger partial charge in [-0.15, -0.1) is 0 Å². The number of aliphatic carboxylic acids is 2. The third kappa shape index (κ3) is 7.96. The maximum Gasteiger partial charge on any atom is 0.327 e. The van der Waals surface area contributed by atoms with E-state index in [1.54, 1.807) is 12.3 Å². The average molecular weight is 524 g/mol. The maximum atomic E-state index is 13.2. The fourth-order valence-corrected chi connectivity index (χ4v) is 3.61. The Morgan fingerprint density at radius 1 is 0.944 bits per heavy atom. The van der Waals surface area contributed by atoms with E-state index in [4.69, 9.17) is 15.9 Å². The van der Waals surface area contributed by atoms with E-state index in [2.05, 4.69) is 33.6 Å². The van der Waals surface area contributed by atoms with Crippen molar-refractivity contribution < 1.29 is 39.3 Å². The molecule has 3 amide bonds. The Kier molecular flexibility index (Phi) is 10.7. The number of para-hydroxylation sites is 1. The van der Waals surface area contributed by atoms with Crippen LogP contribution in [0.5, 0.6) is 0 Å². The van der Waals surface area contributed by atoms with E-state index in [9.17, 15) is 29.1 Å². The number of benzene rings is 1. The van der Waals surface area contributed by atoms with Crippen molar-refractivity contribution in [1.82, 2.24) is 20.9 Å². The number of amides is 3. The number of nitrogens with one attached hydrogen (secondary N) is 4. The van der Waals surface area contributed by atoms with Gasteiger partial charge >= 0.3 is 11.9 Å². The first-order chi connectivity index (χ1) is 17.1. The van der Waals surface area contributed by atoms with Crippen LogP contribution in [0.15, 0.2) is 30.5 Å². The van der Waals surface area contributed by atoms with Crippen LogP contribution in [0, 0.1) is 0 Å².